The molecule has 1 aromatic heterocycles. The van der Waals surface area contributed by atoms with Crippen LogP contribution in [-0.2, 0) is 6.54 Å². The zero-order valence-corrected chi connectivity index (χ0v) is 11.4. The molecule has 0 bridgehead atoms. The molecule has 0 spiro atoms. The lowest BCUT2D eigenvalue weighted by Crippen LogP contribution is -2.18. The van der Waals surface area contributed by atoms with Gasteiger partial charge in [0.2, 0.25) is 5.89 Å². The fourth-order valence-corrected chi connectivity index (χ4v) is 2.42. The van der Waals surface area contributed by atoms with E-state index in [0.29, 0.717) is 24.5 Å². The minimum Gasteiger partial charge on any atom is -0.407 e. The van der Waals surface area contributed by atoms with E-state index in [1.54, 1.807) is 0 Å². The van der Waals surface area contributed by atoms with Crippen molar-refractivity contribution in [2.45, 2.75) is 58.5 Å². The van der Waals surface area contributed by atoms with E-state index in [1.807, 2.05) is 0 Å². The normalized spacial score (nSPS) is 24.8. The number of aromatic nitrogens is 2. The Morgan fingerprint density at radius 1 is 1.22 bits per heavy atom. The molecule has 2 rings (SSSR count). The van der Waals surface area contributed by atoms with Gasteiger partial charge in [-0.05, 0) is 31.7 Å². The molecule has 2 unspecified atom stereocenters. The van der Waals surface area contributed by atoms with Gasteiger partial charge in [0.1, 0.15) is 0 Å². The van der Waals surface area contributed by atoms with Crippen molar-refractivity contribution in [3.05, 3.63) is 5.89 Å². The minimum absolute atomic E-state index is 0.488. The number of anilines is 1. The van der Waals surface area contributed by atoms with Gasteiger partial charge in [0.05, 0.1) is 6.54 Å². The quantitative estimate of drug-likeness (QED) is 0.789. The summed E-state index contributed by atoms with van der Waals surface area (Å²) in [5, 5.41) is 14.6. The maximum Gasteiger partial charge on any atom is 0.315 e. The molecule has 0 aliphatic heterocycles. The lowest BCUT2D eigenvalue weighted by molar-refractivity contribution is 0.469. The Morgan fingerprint density at radius 3 is 2.94 bits per heavy atom. The maximum atomic E-state index is 5.56. The second-order valence-electron chi connectivity index (χ2n) is 5.24. The van der Waals surface area contributed by atoms with Crippen molar-refractivity contribution in [1.29, 1.82) is 0 Å². The monoisotopic (exact) mass is 252 g/mol. The fourth-order valence-electron chi connectivity index (χ4n) is 2.42. The first-order chi connectivity index (χ1) is 8.78. The largest absolute Gasteiger partial charge is 0.407 e. The van der Waals surface area contributed by atoms with Crippen LogP contribution in [0.4, 0.5) is 6.01 Å². The van der Waals surface area contributed by atoms with Crippen LogP contribution in [0.1, 0.15) is 51.8 Å². The molecule has 1 heterocycles. The van der Waals surface area contributed by atoms with E-state index in [-0.39, 0.29) is 0 Å². The second-order valence-corrected chi connectivity index (χ2v) is 5.24. The number of nitrogens with zero attached hydrogens (tertiary/aromatic N) is 2. The van der Waals surface area contributed by atoms with Crippen LogP contribution in [0, 0.1) is 5.92 Å². The summed E-state index contributed by atoms with van der Waals surface area (Å²) in [5.41, 5.74) is 0. The molecule has 102 valence electrons. The summed E-state index contributed by atoms with van der Waals surface area (Å²) in [6.07, 6.45) is 6.32. The van der Waals surface area contributed by atoms with Crippen molar-refractivity contribution in [1.82, 2.24) is 15.5 Å². The van der Waals surface area contributed by atoms with Gasteiger partial charge in [-0.2, -0.15) is 0 Å². The molecule has 2 N–H and O–H groups in total. The molecule has 1 fully saturated rings. The van der Waals surface area contributed by atoms with Gasteiger partial charge >= 0.3 is 6.01 Å². The Labute approximate surface area is 109 Å². The van der Waals surface area contributed by atoms with Gasteiger partial charge in [-0.3, -0.25) is 0 Å². The predicted octanol–water partition coefficient (Wildman–Crippen LogP) is 2.56. The van der Waals surface area contributed by atoms with Gasteiger partial charge in [-0.25, -0.2) is 0 Å². The highest BCUT2D eigenvalue weighted by atomic mass is 16.4. The summed E-state index contributed by atoms with van der Waals surface area (Å²) in [4.78, 5) is 0. The van der Waals surface area contributed by atoms with Gasteiger partial charge in [0.15, 0.2) is 0 Å². The number of hydrogen-bond acceptors (Lipinski definition) is 5. The first-order valence-corrected chi connectivity index (χ1v) is 7.07. The Morgan fingerprint density at radius 2 is 2.11 bits per heavy atom. The first kappa shape index (κ1) is 13.3. The average Bonchev–Trinajstić information content (AvgIpc) is 2.70. The summed E-state index contributed by atoms with van der Waals surface area (Å²) in [6.45, 7) is 5.95. The van der Waals surface area contributed by atoms with Crippen molar-refractivity contribution in [3.63, 3.8) is 0 Å². The second kappa shape index (κ2) is 6.73. The number of hydrogen-bond donors (Lipinski definition) is 2. The van der Waals surface area contributed by atoms with Gasteiger partial charge in [-0.15, -0.1) is 5.10 Å². The van der Waals surface area contributed by atoms with Crippen molar-refractivity contribution in [2.75, 3.05) is 11.9 Å². The molecule has 0 amide bonds. The minimum atomic E-state index is 0.488. The third-order valence-electron chi connectivity index (χ3n) is 3.58. The Hall–Kier alpha value is -1.10. The molecule has 1 aromatic rings. The molecule has 0 aromatic carbocycles. The van der Waals surface area contributed by atoms with Crippen molar-refractivity contribution >= 4 is 6.01 Å². The van der Waals surface area contributed by atoms with E-state index in [9.17, 15) is 0 Å². The summed E-state index contributed by atoms with van der Waals surface area (Å²) in [5.74, 6) is 1.50. The van der Waals surface area contributed by atoms with E-state index >= 15 is 0 Å². The van der Waals surface area contributed by atoms with Gasteiger partial charge in [-0.1, -0.05) is 31.8 Å². The summed E-state index contributed by atoms with van der Waals surface area (Å²) in [6, 6.07) is 1.06. The third kappa shape index (κ3) is 3.98. The van der Waals surface area contributed by atoms with E-state index in [4.69, 9.17) is 4.42 Å². The predicted molar refractivity (Wildman–Crippen MR) is 71.3 cm³/mol. The zero-order valence-electron chi connectivity index (χ0n) is 11.4. The molecule has 5 nitrogen and oxygen atoms in total. The Kier molecular flexibility index (Phi) is 4.99. The zero-order chi connectivity index (χ0) is 12.8. The highest BCUT2D eigenvalue weighted by Crippen LogP contribution is 2.24. The standard InChI is InChI=1S/C13H24N4O/c1-3-14-9-12-16-17-13(18-12)15-11-6-4-5-10(2)7-8-11/h10-11,14H,3-9H2,1-2H3,(H,15,17). The molecule has 1 aliphatic rings. The average molecular weight is 252 g/mol. The molecule has 1 saturated carbocycles. The number of rotatable bonds is 5. The van der Waals surface area contributed by atoms with Gasteiger partial charge in [0.25, 0.3) is 0 Å². The highest BCUT2D eigenvalue weighted by molar-refractivity contribution is 5.19. The van der Waals surface area contributed by atoms with Crippen molar-refractivity contribution in [3.8, 4) is 0 Å². The molecular formula is C13H24N4O. The Balaban J connectivity index is 1.82. The summed E-state index contributed by atoms with van der Waals surface area (Å²) < 4.78 is 5.56. The van der Waals surface area contributed by atoms with Crippen LogP contribution in [0.3, 0.4) is 0 Å². The first-order valence-electron chi connectivity index (χ1n) is 7.07. The van der Waals surface area contributed by atoms with Crippen LogP contribution < -0.4 is 10.6 Å². The molecular weight excluding hydrogens is 228 g/mol. The number of nitrogens with one attached hydrogen (secondary N) is 2. The van der Waals surface area contributed by atoms with Crippen LogP contribution in [0.15, 0.2) is 4.42 Å². The molecule has 5 heteroatoms. The Bertz CT molecular complexity index is 353. The molecule has 18 heavy (non-hydrogen) atoms. The molecule has 1 aliphatic carbocycles. The van der Waals surface area contributed by atoms with Crippen LogP contribution in [0.2, 0.25) is 0 Å². The van der Waals surface area contributed by atoms with Crippen LogP contribution in [-0.4, -0.2) is 22.8 Å². The van der Waals surface area contributed by atoms with E-state index in [0.717, 1.165) is 12.5 Å². The molecule has 0 saturated heterocycles. The van der Waals surface area contributed by atoms with Crippen LogP contribution in [0.25, 0.3) is 0 Å². The van der Waals surface area contributed by atoms with E-state index in [2.05, 4.69) is 34.7 Å². The molecule has 2 atom stereocenters. The highest BCUT2D eigenvalue weighted by Gasteiger charge is 2.17. The summed E-state index contributed by atoms with van der Waals surface area (Å²) in [7, 11) is 0. The third-order valence-corrected chi connectivity index (χ3v) is 3.58. The fraction of sp³-hybridized carbons (Fsp3) is 0.846. The lowest BCUT2D eigenvalue weighted by Gasteiger charge is -2.13. The van der Waals surface area contributed by atoms with Crippen LogP contribution >= 0.6 is 0 Å². The van der Waals surface area contributed by atoms with Gasteiger partial charge < -0.3 is 15.1 Å². The van der Waals surface area contributed by atoms with Crippen molar-refractivity contribution < 1.29 is 4.42 Å². The smallest absolute Gasteiger partial charge is 0.315 e. The van der Waals surface area contributed by atoms with Crippen LogP contribution in [0.5, 0.6) is 0 Å². The van der Waals surface area contributed by atoms with Gasteiger partial charge in [0, 0.05) is 6.04 Å². The van der Waals surface area contributed by atoms with E-state index in [1.165, 1.54) is 32.1 Å². The lowest BCUT2D eigenvalue weighted by atomic mass is 10.0. The SMILES string of the molecule is CCNCc1nnc(NC2CCCC(C)CC2)o1. The van der Waals surface area contributed by atoms with E-state index < -0.39 is 0 Å². The summed E-state index contributed by atoms with van der Waals surface area (Å²) >= 11 is 0. The molecule has 0 radical (unpaired) electrons. The topological polar surface area (TPSA) is 63.0 Å². The maximum absolute atomic E-state index is 5.56. The van der Waals surface area contributed by atoms with Crippen molar-refractivity contribution in [2.24, 2.45) is 5.92 Å².